The van der Waals surface area contributed by atoms with E-state index in [4.69, 9.17) is 15.7 Å². The van der Waals surface area contributed by atoms with Gasteiger partial charge in [0, 0.05) is 25.7 Å². The van der Waals surface area contributed by atoms with Gasteiger partial charge in [0.05, 0.1) is 7.11 Å². The first-order chi connectivity index (χ1) is 9.24. The third kappa shape index (κ3) is 2.03. The molecule has 0 spiro atoms. The number of piperazine rings is 1. The second-order valence-corrected chi connectivity index (χ2v) is 6.07. The number of rotatable bonds is 2. The first kappa shape index (κ1) is 12.6. The number of thiophene rings is 1. The number of nitriles is 1. The van der Waals surface area contributed by atoms with E-state index in [-0.39, 0.29) is 0 Å². The highest BCUT2D eigenvalue weighted by Gasteiger charge is 2.33. The molecule has 2 aliphatic rings. The molecule has 2 saturated heterocycles. The minimum Gasteiger partial charge on any atom is -0.492 e. The molecule has 0 aliphatic carbocycles. The minimum atomic E-state index is 0.485. The number of fused-ring (bicyclic) bond motifs is 1. The SMILES string of the molecule is COc1c(N2CCN3CCCC3C2)sc(C#N)c1N. The second-order valence-electron chi connectivity index (χ2n) is 5.07. The van der Waals surface area contributed by atoms with E-state index < -0.39 is 0 Å². The summed E-state index contributed by atoms with van der Waals surface area (Å²) >= 11 is 1.45. The van der Waals surface area contributed by atoms with E-state index in [2.05, 4.69) is 15.9 Å². The van der Waals surface area contributed by atoms with E-state index in [0.29, 0.717) is 22.4 Å². The summed E-state index contributed by atoms with van der Waals surface area (Å²) < 4.78 is 5.40. The Morgan fingerprint density at radius 1 is 1.42 bits per heavy atom. The molecule has 6 heteroatoms. The zero-order valence-electron chi connectivity index (χ0n) is 11.1. The maximum absolute atomic E-state index is 9.10. The summed E-state index contributed by atoms with van der Waals surface area (Å²) in [6.45, 7) is 4.32. The Balaban J connectivity index is 1.88. The van der Waals surface area contributed by atoms with Crippen molar-refractivity contribution >= 4 is 22.0 Å². The third-order valence-electron chi connectivity index (χ3n) is 4.06. The normalized spacial score (nSPS) is 23.2. The fourth-order valence-corrected chi connectivity index (χ4v) is 4.10. The van der Waals surface area contributed by atoms with E-state index in [1.54, 1.807) is 7.11 Å². The molecule has 1 atom stereocenters. The molecule has 0 saturated carbocycles. The molecule has 102 valence electrons. The van der Waals surface area contributed by atoms with Crippen LogP contribution in [0.5, 0.6) is 5.75 Å². The van der Waals surface area contributed by atoms with Crippen LogP contribution in [-0.2, 0) is 0 Å². The molecule has 2 N–H and O–H groups in total. The number of nitrogens with two attached hydrogens (primary N) is 1. The number of nitrogen functional groups attached to an aromatic ring is 1. The minimum absolute atomic E-state index is 0.485. The molecular weight excluding hydrogens is 260 g/mol. The Morgan fingerprint density at radius 3 is 3.00 bits per heavy atom. The molecule has 2 aliphatic heterocycles. The average Bonchev–Trinajstić information content (AvgIpc) is 3.01. The number of hydrogen-bond donors (Lipinski definition) is 1. The average molecular weight is 278 g/mol. The van der Waals surface area contributed by atoms with E-state index >= 15 is 0 Å². The molecule has 3 heterocycles. The Labute approximate surface area is 117 Å². The molecule has 1 aromatic heterocycles. The van der Waals surface area contributed by atoms with Crippen molar-refractivity contribution in [1.82, 2.24) is 4.90 Å². The van der Waals surface area contributed by atoms with Crippen LogP contribution in [-0.4, -0.2) is 44.2 Å². The van der Waals surface area contributed by atoms with Gasteiger partial charge in [-0.15, -0.1) is 11.3 Å². The summed E-state index contributed by atoms with van der Waals surface area (Å²) in [6.07, 6.45) is 2.57. The molecule has 1 aromatic rings. The first-order valence-corrected chi connectivity index (χ1v) is 7.41. The highest BCUT2D eigenvalue weighted by molar-refractivity contribution is 7.17. The van der Waals surface area contributed by atoms with Crippen molar-refractivity contribution < 1.29 is 4.74 Å². The highest BCUT2D eigenvalue weighted by atomic mass is 32.1. The topological polar surface area (TPSA) is 65.5 Å². The van der Waals surface area contributed by atoms with Crippen molar-refractivity contribution in [3.8, 4) is 11.8 Å². The number of methoxy groups -OCH3 is 1. The lowest BCUT2D eigenvalue weighted by atomic mass is 10.1. The molecule has 2 fully saturated rings. The van der Waals surface area contributed by atoms with E-state index in [9.17, 15) is 0 Å². The van der Waals surface area contributed by atoms with Crippen LogP contribution in [0.15, 0.2) is 0 Å². The summed E-state index contributed by atoms with van der Waals surface area (Å²) in [5.74, 6) is 0.674. The Morgan fingerprint density at radius 2 is 2.26 bits per heavy atom. The number of hydrogen-bond acceptors (Lipinski definition) is 6. The lowest BCUT2D eigenvalue weighted by Gasteiger charge is -2.38. The fourth-order valence-electron chi connectivity index (χ4n) is 3.08. The fraction of sp³-hybridized carbons (Fsp3) is 0.615. The zero-order chi connectivity index (χ0) is 13.4. The van der Waals surface area contributed by atoms with Crippen molar-refractivity contribution in [1.29, 1.82) is 5.26 Å². The smallest absolute Gasteiger partial charge is 0.177 e. The van der Waals surface area contributed by atoms with Crippen LogP contribution in [0.4, 0.5) is 10.7 Å². The van der Waals surface area contributed by atoms with Gasteiger partial charge in [0.1, 0.15) is 21.6 Å². The maximum atomic E-state index is 9.10. The van der Waals surface area contributed by atoms with Crippen LogP contribution in [0.1, 0.15) is 17.7 Å². The highest BCUT2D eigenvalue weighted by Crippen LogP contribution is 2.45. The van der Waals surface area contributed by atoms with Gasteiger partial charge in [0.15, 0.2) is 5.75 Å². The van der Waals surface area contributed by atoms with Gasteiger partial charge in [-0.25, -0.2) is 0 Å². The quantitative estimate of drug-likeness (QED) is 0.888. The summed E-state index contributed by atoms with van der Waals surface area (Å²) in [6, 6.07) is 2.80. The number of ether oxygens (including phenoxy) is 1. The summed E-state index contributed by atoms with van der Waals surface area (Å²) in [5, 5.41) is 10.1. The first-order valence-electron chi connectivity index (χ1n) is 6.60. The molecule has 0 radical (unpaired) electrons. The van der Waals surface area contributed by atoms with Crippen molar-refractivity contribution in [3.05, 3.63) is 4.88 Å². The van der Waals surface area contributed by atoms with Crippen LogP contribution in [0.25, 0.3) is 0 Å². The van der Waals surface area contributed by atoms with Crippen molar-refractivity contribution in [2.24, 2.45) is 0 Å². The zero-order valence-corrected chi connectivity index (χ0v) is 11.9. The molecule has 3 rings (SSSR count). The Kier molecular flexibility index (Phi) is 3.25. The number of nitrogens with zero attached hydrogens (tertiary/aromatic N) is 3. The van der Waals surface area contributed by atoms with Gasteiger partial charge in [0.2, 0.25) is 0 Å². The Bertz CT molecular complexity index is 521. The van der Waals surface area contributed by atoms with Gasteiger partial charge in [-0.2, -0.15) is 5.26 Å². The van der Waals surface area contributed by atoms with Crippen LogP contribution < -0.4 is 15.4 Å². The van der Waals surface area contributed by atoms with Gasteiger partial charge < -0.3 is 15.4 Å². The molecule has 0 bridgehead atoms. The lowest BCUT2D eigenvalue weighted by Crippen LogP contribution is -2.50. The van der Waals surface area contributed by atoms with Crippen LogP contribution in [0.3, 0.4) is 0 Å². The van der Waals surface area contributed by atoms with Crippen molar-refractivity contribution in [2.45, 2.75) is 18.9 Å². The monoisotopic (exact) mass is 278 g/mol. The van der Waals surface area contributed by atoms with Crippen molar-refractivity contribution in [3.63, 3.8) is 0 Å². The molecule has 0 aromatic carbocycles. The summed E-state index contributed by atoms with van der Waals surface area (Å²) in [4.78, 5) is 5.44. The van der Waals surface area contributed by atoms with Gasteiger partial charge in [-0.3, -0.25) is 4.90 Å². The summed E-state index contributed by atoms with van der Waals surface area (Å²) in [5.41, 5.74) is 6.45. The third-order valence-corrected chi connectivity index (χ3v) is 5.21. The van der Waals surface area contributed by atoms with Crippen LogP contribution >= 0.6 is 11.3 Å². The predicted molar refractivity (Wildman–Crippen MR) is 76.8 cm³/mol. The lowest BCUT2D eigenvalue weighted by molar-refractivity contribution is 0.231. The van der Waals surface area contributed by atoms with Gasteiger partial charge in [0.25, 0.3) is 0 Å². The Hall–Kier alpha value is -1.45. The summed E-state index contributed by atoms with van der Waals surface area (Å²) in [7, 11) is 1.62. The molecule has 19 heavy (non-hydrogen) atoms. The predicted octanol–water partition coefficient (Wildman–Crippen LogP) is 1.49. The van der Waals surface area contributed by atoms with Gasteiger partial charge in [-0.05, 0) is 19.4 Å². The number of anilines is 2. The van der Waals surface area contributed by atoms with Crippen LogP contribution in [0, 0.1) is 11.3 Å². The van der Waals surface area contributed by atoms with Gasteiger partial charge >= 0.3 is 0 Å². The van der Waals surface area contributed by atoms with E-state index in [1.807, 2.05) is 0 Å². The van der Waals surface area contributed by atoms with Crippen LogP contribution in [0.2, 0.25) is 0 Å². The maximum Gasteiger partial charge on any atom is 0.177 e. The van der Waals surface area contributed by atoms with Gasteiger partial charge in [-0.1, -0.05) is 0 Å². The molecule has 5 nitrogen and oxygen atoms in total. The molecule has 1 unspecified atom stereocenters. The van der Waals surface area contributed by atoms with Crippen molar-refractivity contribution in [2.75, 3.05) is 43.9 Å². The molecule has 0 amide bonds. The second kappa shape index (κ2) is 4.91. The standard InChI is InChI=1S/C13H18N4OS/c1-18-12-11(15)10(7-14)19-13(12)17-6-5-16-4-2-3-9(16)8-17/h9H,2-6,8,15H2,1H3. The van der Waals surface area contributed by atoms with E-state index in [1.165, 1.54) is 30.7 Å². The molecular formula is C13H18N4OS. The largest absolute Gasteiger partial charge is 0.492 e. The van der Waals surface area contributed by atoms with E-state index in [0.717, 1.165) is 24.6 Å².